The van der Waals surface area contributed by atoms with Crippen LogP contribution in [0.4, 0.5) is 0 Å². The molecule has 0 spiro atoms. The van der Waals surface area contributed by atoms with E-state index in [0.29, 0.717) is 54.9 Å². The van der Waals surface area contributed by atoms with Crippen LogP contribution < -0.4 is 15.8 Å². The normalized spacial score (nSPS) is 19.2. The van der Waals surface area contributed by atoms with Gasteiger partial charge in [-0.15, -0.1) is 5.10 Å². The second-order valence-corrected chi connectivity index (χ2v) is 11.2. The first-order valence-corrected chi connectivity index (χ1v) is 13.7. The van der Waals surface area contributed by atoms with E-state index in [1.54, 1.807) is 13.0 Å². The van der Waals surface area contributed by atoms with Crippen molar-refractivity contribution in [3.05, 3.63) is 47.4 Å². The van der Waals surface area contributed by atoms with Crippen LogP contribution in [0.3, 0.4) is 0 Å². The Morgan fingerprint density at radius 3 is 2.50 bits per heavy atom. The summed E-state index contributed by atoms with van der Waals surface area (Å²) in [6.45, 7) is 10.8. The van der Waals surface area contributed by atoms with Gasteiger partial charge < -0.3 is 20.7 Å². The summed E-state index contributed by atoms with van der Waals surface area (Å²) in [6.07, 6.45) is 2.94. The minimum atomic E-state index is -3.75. The number of sulfonamides is 1. The van der Waals surface area contributed by atoms with E-state index in [-0.39, 0.29) is 16.4 Å². The summed E-state index contributed by atoms with van der Waals surface area (Å²) >= 11 is 0. The number of amides is 1. The van der Waals surface area contributed by atoms with Crippen molar-refractivity contribution in [2.45, 2.75) is 57.4 Å². The molecule has 1 aromatic carbocycles. The van der Waals surface area contributed by atoms with Crippen molar-refractivity contribution < 1.29 is 17.9 Å². The topological polar surface area (TPSA) is 121 Å². The Morgan fingerprint density at radius 2 is 1.94 bits per heavy atom. The molecule has 1 saturated heterocycles. The van der Waals surface area contributed by atoms with Gasteiger partial charge in [0.15, 0.2) is 5.84 Å². The van der Waals surface area contributed by atoms with Crippen molar-refractivity contribution in [2.24, 2.45) is 10.8 Å². The Morgan fingerprint density at radius 1 is 1.28 bits per heavy atom. The molecule has 36 heavy (non-hydrogen) atoms. The Labute approximate surface area is 214 Å². The van der Waals surface area contributed by atoms with Gasteiger partial charge in [-0.2, -0.15) is 4.31 Å². The van der Waals surface area contributed by atoms with Crippen LogP contribution in [0.1, 0.15) is 52.0 Å². The highest BCUT2D eigenvalue weighted by Crippen LogP contribution is 2.30. The van der Waals surface area contributed by atoms with Gasteiger partial charge in [0.2, 0.25) is 10.0 Å². The van der Waals surface area contributed by atoms with Gasteiger partial charge in [0.1, 0.15) is 11.4 Å². The van der Waals surface area contributed by atoms with E-state index < -0.39 is 15.9 Å². The standard InChI is InChI=1S/C25H38N6O4S/c1-7-9-17(3)31-23(18(4)26)25(32)27-24(28-31)21-16-20(10-11-22(21)35-8-2)36(33,34)30-14-12-19(13-15-30)29(5)6/h10-11,16,19H,3,7-9,12-15,26H2,1-2,4-6H3,(H,27,28,32)/b23-18-. The number of nitrogens with zero attached hydrogens (tertiary/aromatic N) is 4. The molecule has 1 amide bonds. The molecule has 0 atom stereocenters. The predicted molar refractivity (Wildman–Crippen MR) is 141 cm³/mol. The third-order valence-corrected chi connectivity index (χ3v) is 8.26. The third-order valence-electron chi connectivity index (χ3n) is 6.37. The van der Waals surface area contributed by atoms with Crippen molar-refractivity contribution in [3.8, 4) is 5.75 Å². The van der Waals surface area contributed by atoms with E-state index in [1.807, 2.05) is 27.9 Å². The molecule has 10 nitrogen and oxygen atoms in total. The predicted octanol–water partition coefficient (Wildman–Crippen LogP) is 2.40. The number of hydrazone groups is 1. The molecule has 0 saturated carbocycles. The Bertz CT molecular complexity index is 1160. The lowest BCUT2D eigenvalue weighted by atomic mass is 10.1. The van der Waals surface area contributed by atoms with Gasteiger partial charge in [-0.25, -0.2) is 13.4 Å². The van der Waals surface area contributed by atoms with Gasteiger partial charge in [0, 0.05) is 30.5 Å². The first-order chi connectivity index (χ1) is 17.0. The molecule has 11 heteroatoms. The summed E-state index contributed by atoms with van der Waals surface area (Å²) in [7, 11) is 0.275. The molecule has 3 rings (SSSR count). The summed E-state index contributed by atoms with van der Waals surface area (Å²) in [5.74, 6) is 0.146. The molecule has 198 valence electrons. The molecule has 0 aromatic heterocycles. The molecule has 1 fully saturated rings. The summed E-state index contributed by atoms with van der Waals surface area (Å²) in [4.78, 5) is 15.3. The van der Waals surface area contributed by atoms with Crippen LogP contribution in [0.15, 0.2) is 51.9 Å². The maximum absolute atomic E-state index is 13.5. The molecule has 2 heterocycles. The smallest absolute Gasteiger partial charge is 0.277 e. The van der Waals surface area contributed by atoms with E-state index in [4.69, 9.17) is 10.5 Å². The van der Waals surface area contributed by atoms with Crippen molar-refractivity contribution in [3.63, 3.8) is 0 Å². The summed E-state index contributed by atoms with van der Waals surface area (Å²) < 4.78 is 34.3. The maximum Gasteiger partial charge on any atom is 0.277 e. The lowest BCUT2D eigenvalue weighted by Gasteiger charge is -2.34. The van der Waals surface area contributed by atoms with E-state index in [2.05, 4.69) is 21.9 Å². The number of nitrogens with two attached hydrogens (primary N) is 1. The van der Waals surface area contributed by atoms with Crippen LogP contribution in [0, 0.1) is 0 Å². The minimum Gasteiger partial charge on any atom is -0.493 e. The van der Waals surface area contributed by atoms with E-state index in [0.717, 1.165) is 19.3 Å². The largest absolute Gasteiger partial charge is 0.493 e. The number of hydrogen-bond donors (Lipinski definition) is 2. The van der Waals surface area contributed by atoms with Crippen LogP contribution in [0.2, 0.25) is 0 Å². The summed E-state index contributed by atoms with van der Waals surface area (Å²) in [6, 6.07) is 5.02. The van der Waals surface area contributed by atoms with Crippen LogP contribution in [0.25, 0.3) is 0 Å². The Balaban J connectivity index is 2.05. The number of piperidine rings is 1. The Kier molecular flexibility index (Phi) is 8.80. The van der Waals surface area contributed by atoms with Crippen LogP contribution in [0.5, 0.6) is 5.75 Å². The monoisotopic (exact) mass is 518 g/mol. The van der Waals surface area contributed by atoms with Crippen molar-refractivity contribution >= 4 is 21.8 Å². The van der Waals surface area contributed by atoms with E-state index >= 15 is 0 Å². The van der Waals surface area contributed by atoms with Crippen LogP contribution in [-0.4, -0.2) is 74.2 Å². The molecule has 3 N–H and O–H groups in total. The number of nitrogens with one attached hydrogen (secondary N) is 1. The molecule has 0 bridgehead atoms. The lowest BCUT2D eigenvalue weighted by Crippen LogP contribution is -2.45. The second-order valence-electron chi connectivity index (χ2n) is 9.25. The summed E-state index contributed by atoms with van der Waals surface area (Å²) in [5.41, 5.74) is 7.47. The number of carbonyl (C=O) groups is 1. The second kappa shape index (κ2) is 11.4. The molecule has 1 aromatic rings. The molecule has 2 aliphatic rings. The average molecular weight is 519 g/mol. The maximum atomic E-state index is 13.5. The minimum absolute atomic E-state index is 0.122. The third kappa shape index (κ3) is 5.74. The van der Waals surface area contributed by atoms with Crippen LogP contribution >= 0.6 is 0 Å². The molecular formula is C25H38N6O4S. The van der Waals surface area contributed by atoms with Gasteiger partial charge in [0.25, 0.3) is 5.91 Å². The Hall–Kier alpha value is -2.89. The summed E-state index contributed by atoms with van der Waals surface area (Å²) in [5, 5.41) is 8.82. The van der Waals surface area contributed by atoms with Gasteiger partial charge in [-0.1, -0.05) is 19.9 Å². The molecule has 2 aliphatic heterocycles. The zero-order valence-electron chi connectivity index (χ0n) is 21.9. The number of hydrogen-bond acceptors (Lipinski definition) is 8. The number of benzene rings is 1. The number of carbonyl (C=O) groups excluding carboxylic acids is 1. The van der Waals surface area contributed by atoms with E-state index in [9.17, 15) is 13.2 Å². The number of allylic oxidation sites excluding steroid dienone is 2. The van der Waals surface area contributed by atoms with Gasteiger partial charge in [0.05, 0.1) is 17.1 Å². The highest BCUT2D eigenvalue weighted by Gasteiger charge is 2.33. The fraction of sp³-hybridized carbons (Fsp3) is 0.520. The first kappa shape index (κ1) is 27.7. The zero-order chi connectivity index (χ0) is 26.6. The highest BCUT2D eigenvalue weighted by atomic mass is 32.2. The molecule has 0 aliphatic carbocycles. The van der Waals surface area contributed by atoms with Gasteiger partial charge in [-0.05, 0) is 65.4 Å². The van der Waals surface area contributed by atoms with Crippen molar-refractivity contribution in [2.75, 3.05) is 33.8 Å². The lowest BCUT2D eigenvalue weighted by molar-refractivity contribution is -0.118. The molecule has 0 radical (unpaired) electrons. The fourth-order valence-corrected chi connectivity index (χ4v) is 5.91. The highest BCUT2D eigenvalue weighted by molar-refractivity contribution is 7.89. The SMILES string of the molecule is C=C(CCC)N1N=C(c2cc(S(=O)(=O)N3CCC(N(C)C)CC3)ccc2OCC)NC(=O)/C1=C(\C)N. The molecule has 0 unspecified atom stereocenters. The van der Waals surface area contributed by atoms with Crippen molar-refractivity contribution in [1.82, 2.24) is 19.5 Å². The number of amidine groups is 1. The van der Waals surface area contributed by atoms with Gasteiger partial charge in [-0.3, -0.25) is 4.79 Å². The zero-order valence-corrected chi connectivity index (χ0v) is 22.7. The average Bonchev–Trinajstić information content (AvgIpc) is 2.83. The van der Waals surface area contributed by atoms with Gasteiger partial charge >= 0.3 is 0 Å². The quantitative estimate of drug-likeness (QED) is 0.482. The first-order valence-electron chi connectivity index (χ1n) is 12.3. The fourth-order valence-electron chi connectivity index (χ4n) is 4.41. The number of ether oxygens (including phenoxy) is 1. The van der Waals surface area contributed by atoms with E-state index in [1.165, 1.54) is 21.4 Å². The number of rotatable bonds is 9. The van der Waals surface area contributed by atoms with Crippen LogP contribution in [-0.2, 0) is 14.8 Å². The van der Waals surface area contributed by atoms with Crippen molar-refractivity contribution in [1.29, 1.82) is 0 Å². The molecular weight excluding hydrogens is 480 g/mol.